The number of hydrogen-bond donors (Lipinski definition) is 2. The number of fused-ring (bicyclic) bond motifs is 1. The van der Waals surface area contributed by atoms with Crippen LogP contribution in [0.25, 0.3) is 0 Å². The van der Waals surface area contributed by atoms with E-state index >= 15 is 0 Å². The molecular weight excluding hydrogens is 448 g/mol. The molecule has 0 spiro atoms. The highest BCUT2D eigenvalue weighted by Gasteiger charge is 2.27. The number of anilines is 1. The molecular formula is C24H28N8O3+. The Hall–Kier alpha value is -4.41. The average Bonchev–Trinajstić information content (AvgIpc) is 3.26. The number of hydrogen-bond acceptors (Lipinski definition) is 9. The molecule has 5 rings (SSSR count). The Morgan fingerprint density at radius 3 is 2.77 bits per heavy atom. The summed E-state index contributed by atoms with van der Waals surface area (Å²) in [5.41, 5.74) is 3.18. The van der Waals surface area contributed by atoms with Gasteiger partial charge in [0.25, 0.3) is 5.91 Å². The molecule has 0 fully saturated rings. The van der Waals surface area contributed by atoms with E-state index in [2.05, 4.69) is 35.8 Å². The van der Waals surface area contributed by atoms with E-state index in [1.165, 1.54) is 6.34 Å². The first-order valence-electron chi connectivity index (χ1n) is 11.1. The van der Waals surface area contributed by atoms with Crippen molar-refractivity contribution in [2.24, 2.45) is 20.2 Å². The van der Waals surface area contributed by atoms with Crippen LogP contribution in [0.1, 0.15) is 24.3 Å². The molecule has 1 aromatic carbocycles. The highest BCUT2D eigenvalue weighted by Crippen LogP contribution is 2.33. The molecule has 0 aliphatic carbocycles. The Morgan fingerprint density at radius 2 is 1.97 bits per heavy atom. The molecule has 4 heterocycles. The molecule has 0 bridgehead atoms. The maximum atomic E-state index is 12.8. The maximum Gasteiger partial charge on any atom is 0.328 e. The molecule has 11 nitrogen and oxygen atoms in total. The Bertz CT molecular complexity index is 1340. The topological polar surface area (TPSA) is 125 Å². The van der Waals surface area contributed by atoms with Gasteiger partial charge in [-0.25, -0.2) is 19.5 Å². The van der Waals surface area contributed by atoms with Gasteiger partial charge in [0, 0.05) is 27.4 Å². The van der Waals surface area contributed by atoms with Gasteiger partial charge in [0.2, 0.25) is 0 Å². The Balaban J connectivity index is 0.00000190. The second-order valence-corrected chi connectivity index (χ2v) is 7.98. The number of nitrogens with zero attached hydrogens (tertiary/aromatic N) is 6. The second kappa shape index (κ2) is 9.84. The summed E-state index contributed by atoms with van der Waals surface area (Å²) in [5.74, 6) is 3.13. The maximum absolute atomic E-state index is 12.8. The summed E-state index contributed by atoms with van der Waals surface area (Å²) < 4.78 is 13.1. The van der Waals surface area contributed by atoms with Gasteiger partial charge in [-0.15, -0.1) is 0 Å². The molecule has 0 unspecified atom stereocenters. The molecule has 11 heteroatoms. The van der Waals surface area contributed by atoms with E-state index in [1.54, 1.807) is 31.0 Å². The molecule has 1 radical (unpaired) electrons. The number of allylic oxidation sites excluding steroid dienone is 1. The third-order valence-corrected chi connectivity index (χ3v) is 5.67. The standard InChI is InChI=1S/C24H23N8O3.2H2/c1-15-9-19-20(35-8-7-34-19)10-17(15)12-28-24(33)16-3-6-26-21(11-16)27-13-22-30-31-23(32(22)2)18-4-5-25-14-29-18;;/h3-6,9-11,14H,7-8,12-13H2,1-2H3,(H-,26,27,28,33);2*1H/p+1. The van der Waals surface area contributed by atoms with E-state index < -0.39 is 0 Å². The summed E-state index contributed by atoms with van der Waals surface area (Å²) in [7, 11) is 1.87. The van der Waals surface area contributed by atoms with E-state index in [9.17, 15) is 4.79 Å². The Kier molecular flexibility index (Phi) is 6.29. The Labute approximate surface area is 205 Å². The molecule has 1 aromatic heterocycles. The lowest BCUT2D eigenvalue weighted by molar-refractivity contribution is -0.441. The lowest BCUT2D eigenvalue weighted by atomic mass is 10.1. The zero-order valence-corrected chi connectivity index (χ0v) is 19.4. The fourth-order valence-electron chi connectivity index (χ4n) is 3.70. The van der Waals surface area contributed by atoms with Gasteiger partial charge in [-0.1, -0.05) is 0 Å². The van der Waals surface area contributed by atoms with Crippen LogP contribution in [0, 0.1) is 13.3 Å². The van der Waals surface area contributed by atoms with Gasteiger partial charge in [-0.2, -0.15) is 0 Å². The summed E-state index contributed by atoms with van der Waals surface area (Å²) in [4.78, 5) is 25.2. The second-order valence-electron chi connectivity index (χ2n) is 7.98. The number of ether oxygens (including phenoxy) is 2. The molecule has 0 saturated heterocycles. The number of carbonyl (C=O) groups is 1. The molecule has 3 aliphatic rings. The highest BCUT2D eigenvalue weighted by atomic mass is 16.6. The zero-order valence-electron chi connectivity index (χ0n) is 19.4. The van der Waals surface area contributed by atoms with Gasteiger partial charge in [0.05, 0.1) is 23.7 Å². The first-order valence-corrected chi connectivity index (χ1v) is 11.1. The number of nitrogens with one attached hydrogen (secondary N) is 2. The van der Waals surface area contributed by atoms with Crippen LogP contribution in [0.4, 0.5) is 5.82 Å². The number of aliphatic imine (C=N–C) groups is 2. The summed E-state index contributed by atoms with van der Waals surface area (Å²) in [6.07, 6.45) is 6.49. The number of aromatic nitrogens is 1. The third kappa shape index (κ3) is 4.93. The summed E-state index contributed by atoms with van der Waals surface area (Å²) in [5, 5.41) is 14.6. The van der Waals surface area contributed by atoms with Crippen LogP contribution in [0.2, 0.25) is 0 Å². The molecule has 2 aromatic rings. The SMILES string of the molecule is Cc1cc2c(cc1CNC(=O)c1ccnc(NCC3=[N+](C)/C(=C4/[CH]C=NC=N4)N=N3)c1)OCCO2.[HH].[HH]. The van der Waals surface area contributed by atoms with Crippen molar-refractivity contribution in [2.45, 2.75) is 13.5 Å². The summed E-state index contributed by atoms with van der Waals surface area (Å²) >= 11 is 0. The number of carbonyl (C=O) groups excluding carboxylic acids is 1. The van der Waals surface area contributed by atoms with Crippen molar-refractivity contribution >= 4 is 30.1 Å². The van der Waals surface area contributed by atoms with Crippen molar-refractivity contribution < 1.29 is 21.7 Å². The van der Waals surface area contributed by atoms with Crippen molar-refractivity contribution in [3.63, 3.8) is 0 Å². The highest BCUT2D eigenvalue weighted by molar-refractivity contribution is 5.95. The number of benzene rings is 1. The van der Waals surface area contributed by atoms with E-state index in [0.29, 0.717) is 60.8 Å². The Morgan fingerprint density at radius 1 is 1.14 bits per heavy atom. The first-order chi connectivity index (χ1) is 17.1. The van der Waals surface area contributed by atoms with Crippen LogP contribution in [0.15, 0.2) is 62.2 Å². The van der Waals surface area contributed by atoms with Gasteiger partial charge in [0.1, 0.15) is 37.6 Å². The lowest BCUT2D eigenvalue weighted by Gasteiger charge is -2.20. The van der Waals surface area contributed by atoms with Crippen LogP contribution in [-0.4, -0.2) is 60.7 Å². The van der Waals surface area contributed by atoms with Crippen LogP contribution in [0.3, 0.4) is 0 Å². The normalized spacial score (nSPS) is 18.2. The third-order valence-electron chi connectivity index (χ3n) is 5.67. The number of amides is 1. The lowest BCUT2D eigenvalue weighted by Crippen LogP contribution is -2.24. The zero-order chi connectivity index (χ0) is 24.2. The van der Waals surface area contributed by atoms with E-state index in [4.69, 9.17) is 9.47 Å². The van der Waals surface area contributed by atoms with Gasteiger partial charge < -0.3 is 20.1 Å². The largest absolute Gasteiger partial charge is 0.486 e. The monoisotopic (exact) mass is 476 g/mol. The fourth-order valence-corrected chi connectivity index (χ4v) is 3.70. The molecule has 0 saturated carbocycles. The smallest absolute Gasteiger partial charge is 0.328 e. The van der Waals surface area contributed by atoms with Crippen LogP contribution in [0.5, 0.6) is 11.5 Å². The van der Waals surface area contributed by atoms with E-state index in [0.717, 1.165) is 16.9 Å². The number of amidine groups is 1. The average molecular weight is 477 g/mol. The predicted molar refractivity (Wildman–Crippen MR) is 135 cm³/mol. The molecule has 35 heavy (non-hydrogen) atoms. The van der Waals surface area contributed by atoms with Crippen LogP contribution < -0.4 is 20.1 Å². The van der Waals surface area contributed by atoms with Gasteiger partial charge in [-0.05, 0) is 42.3 Å². The number of pyridine rings is 1. The summed E-state index contributed by atoms with van der Waals surface area (Å²) in [6.45, 7) is 3.79. The van der Waals surface area contributed by atoms with E-state index in [1.807, 2.05) is 30.7 Å². The van der Waals surface area contributed by atoms with E-state index in [-0.39, 0.29) is 8.76 Å². The van der Waals surface area contributed by atoms with Gasteiger partial charge in [-0.3, -0.25) is 4.79 Å². The van der Waals surface area contributed by atoms with Crippen LogP contribution >= 0.6 is 0 Å². The minimum atomic E-state index is -0.200. The summed E-state index contributed by atoms with van der Waals surface area (Å²) in [6, 6.07) is 7.23. The van der Waals surface area contributed by atoms with Crippen molar-refractivity contribution in [3.8, 4) is 11.5 Å². The molecule has 2 N–H and O–H groups in total. The number of aryl methyl sites for hydroxylation is 1. The minimum Gasteiger partial charge on any atom is -0.486 e. The fraction of sp³-hybridized carbons (Fsp3) is 0.250. The van der Waals surface area contributed by atoms with Gasteiger partial charge in [0.15, 0.2) is 11.5 Å². The predicted octanol–water partition coefficient (Wildman–Crippen LogP) is 2.99. The van der Waals surface area contributed by atoms with Crippen molar-refractivity contribution in [1.82, 2.24) is 10.3 Å². The van der Waals surface area contributed by atoms with Crippen molar-refractivity contribution in [2.75, 3.05) is 32.1 Å². The molecule has 1 amide bonds. The van der Waals surface area contributed by atoms with Crippen molar-refractivity contribution in [3.05, 3.63) is 65.1 Å². The molecule has 181 valence electrons. The number of azo groups is 1. The van der Waals surface area contributed by atoms with Gasteiger partial charge >= 0.3 is 11.7 Å². The van der Waals surface area contributed by atoms with Crippen molar-refractivity contribution in [1.29, 1.82) is 0 Å². The molecule has 3 aliphatic heterocycles. The molecule has 0 atom stereocenters. The number of rotatable bonds is 6. The first kappa shape index (κ1) is 22.4. The minimum absolute atomic E-state index is 0. The quantitative estimate of drug-likeness (QED) is 0.620. The van der Waals surface area contributed by atoms with Crippen LogP contribution in [-0.2, 0) is 6.54 Å².